The summed E-state index contributed by atoms with van der Waals surface area (Å²) in [5, 5.41) is 5.80. The third-order valence-electron chi connectivity index (χ3n) is 8.49. The number of amides is 1. The second kappa shape index (κ2) is 8.20. The molecule has 2 saturated heterocycles. The lowest BCUT2D eigenvalue weighted by molar-refractivity contribution is -0.129. The van der Waals surface area contributed by atoms with Gasteiger partial charge in [0, 0.05) is 30.8 Å². The summed E-state index contributed by atoms with van der Waals surface area (Å²) < 4.78 is 25.5. The molecule has 5 heterocycles. The van der Waals surface area contributed by atoms with Crippen molar-refractivity contribution < 1.29 is 13.9 Å². The lowest BCUT2D eigenvalue weighted by atomic mass is 9.68. The van der Waals surface area contributed by atoms with Crippen LogP contribution in [0.3, 0.4) is 0 Å². The standard InChI is InChI=1S/C30H28FN7O2/c1-6-24(39)37-14-30(12-29(37,4)13-30)38-28-25(18(3)32-15-33-28)26(35-38)19-9-17(2)27(21(31)10-19)40-20-7-8-23-22(11-20)34-16-36(23)5/h6-11,15-16H,1,12-14H2,2-5H3. The Labute approximate surface area is 229 Å². The van der Waals surface area contributed by atoms with E-state index in [1.807, 2.05) is 47.2 Å². The molecule has 0 unspecified atom stereocenters. The number of carbonyl (C=O) groups excluding carboxylic acids is 1. The zero-order valence-electron chi connectivity index (χ0n) is 22.8. The minimum Gasteiger partial charge on any atom is -0.454 e. The third kappa shape index (κ3) is 3.34. The van der Waals surface area contributed by atoms with Crippen molar-refractivity contribution in [3.8, 4) is 22.8 Å². The first kappa shape index (κ1) is 24.4. The minimum atomic E-state index is -0.494. The summed E-state index contributed by atoms with van der Waals surface area (Å²) in [5.74, 6) is 0.0801. The van der Waals surface area contributed by atoms with Crippen LogP contribution in [0.25, 0.3) is 33.3 Å². The number of halogens is 1. The summed E-state index contributed by atoms with van der Waals surface area (Å²) in [6.45, 7) is 10.0. The lowest BCUT2D eigenvalue weighted by Gasteiger charge is -2.45. The molecule has 0 N–H and O–H groups in total. The molecule has 1 saturated carbocycles. The van der Waals surface area contributed by atoms with E-state index >= 15 is 4.39 Å². The highest BCUT2D eigenvalue weighted by Crippen LogP contribution is 2.58. The molecule has 2 aromatic carbocycles. The molecule has 5 aromatic rings. The smallest absolute Gasteiger partial charge is 0.246 e. The number of imidazole rings is 1. The maximum absolute atomic E-state index is 15.7. The molecule has 202 valence electrons. The van der Waals surface area contributed by atoms with Gasteiger partial charge in [-0.15, -0.1) is 0 Å². The Kier molecular flexibility index (Phi) is 5.01. The summed E-state index contributed by atoms with van der Waals surface area (Å²) in [4.78, 5) is 27.8. The predicted octanol–water partition coefficient (Wildman–Crippen LogP) is 5.20. The van der Waals surface area contributed by atoms with Crippen molar-refractivity contribution in [2.24, 2.45) is 7.05 Å². The molecular formula is C30H28FN7O2. The van der Waals surface area contributed by atoms with E-state index in [1.165, 1.54) is 18.5 Å². The zero-order chi connectivity index (χ0) is 28.0. The number of fused-ring (bicyclic) bond motifs is 3. The number of nitrogens with zero attached hydrogens (tertiary/aromatic N) is 7. The molecule has 3 aromatic heterocycles. The molecule has 0 atom stereocenters. The summed E-state index contributed by atoms with van der Waals surface area (Å²) in [6.07, 6.45) is 6.15. The topological polar surface area (TPSA) is 91.0 Å². The van der Waals surface area contributed by atoms with E-state index in [2.05, 4.69) is 28.5 Å². The number of aromatic nitrogens is 6. The van der Waals surface area contributed by atoms with Crippen LogP contribution in [0.5, 0.6) is 11.5 Å². The van der Waals surface area contributed by atoms with Crippen LogP contribution >= 0.6 is 0 Å². The average Bonchev–Trinajstić information content (AvgIpc) is 3.64. The van der Waals surface area contributed by atoms with Gasteiger partial charge in [0.1, 0.15) is 17.8 Å². The maximum Gasteiger partial charge on any atom is 0.246 e. The molecule has 2 aliphatic heterocycles. The molecule has 9 nitrogen and oxygen atoms in total. The van der Waals surface area contributed by atoms with Gasteiger partial charge in [0.05, 0.1) is 34.0 Å². The molecular weight excluding hydrogens is 509 g/mol. The number of rotatable bonds is 5. The Balaban J connectivity index is 1.29. The lowest BCUT2D eigenvalue weighted by Crippen LogP contribution is -2.52. The van der Waals surface area contributed by atoms with Crippen LogP contribution in [-0.4, -0.2) is 52.2 Å². The van der Waals surface area contributed by atoms with E-state index in [4.69, 9.17) is 9.84 Å². The van der Waals surface area contributed by atoms with Gasteiger partial charge in [-0.1, -0.05) is 6.58 Å². The van der Waals surface area contributed by atoms with Crippen molar-refractivity contribution in [3.63, 3.8) is 0 Å². The van der Waals surface area contributed by atoms with Crippen LogP contribution in [0.2, 0.25) is 0 Å². The van der Waals surface area contributed by atoms with E-state index in [1.54, 1.807) is 18.5 Å². The van der Waals surface area contributed by atoms with Gasteiger partial charge in [-0.05, 0) is 69.5 Å². The molecule has 3 aliphatic rings. The Hall–Kier alpha value is -4.60. The Morgan fingerprint density at radius 3 is 2.70 bits per heavy atom. The fourth-order valence-electron chi connectivity index (χ4n) is 6.75. The van der Waals surface area contributed by atoms with Crippen LogP contribution in [0.1, 0.15) is 31.0 Å². The fourth-order valence-corrected chi connectivity index (χ4v) is 6.75. The largest absolute Gasteiger partial charge is 0.454 e. The van der Waals surface area contributed by atoms with Gasteiger partial charge < -0.3 is 14.2 Å². The molecule has 8 rings (SSSR count). The molecule has 3 fully saturated rings. The second-order valence-corrected chi connectivity index (χ2v) is 11.3. The second-order valence-electron chi connectivity index (χ2n) is 11.3. The van der Waals surface area contributed by atoms with Crippen molar-refractivity contribution >= 4 is 28.0 Å². The van der Waals surface area contributed by atoms with Gasteiger partial charge >= 0.3 is 0 Å². The van der Waals surface area contributed by atoms with E-state index in [9.17, 15) is 4.79 Å². The Morgan fingerprint density at radius 1 is 1.15 bits per heavy atom. The molecule has 1 aliphatic carbocycles. The monoisotopic (exact) mass is 537 g/mol. The van der Waals surface area contributed by atoms with Gasteiger partial charge in [-0.25, -0.2) is 24.0 Å². The first-order chi connectivity index (χ1) is 19.1. The van der Waals surface area contributed by atoms with Gasteiger partial charge in [0.2, 0.25) is 5.91 Å². The van der Waals surface area contributed by atoms with Crippen LogP contribution in [0, 0.1) is 19.7 Å². The number of hydrogen-bond donors (Lipinski definition) is 0. The third-order valence-corrected chi connectivity index (χ3v) is 8.49. The maximum atomic E-state index is 15.7. The number of carbonyl (C=O) groups is 1. The van der Waals surface area contributed by atoms with Gasteiger partial charge in [0.25, 0.3) is 0 Å². The first-order valence-corrected chi connectivity index (χ1v) is 13.2. The fraction of sp³-hybridized carbons (Fsp3) is 0.300. The average molecular weight is 538 g/mol. The molecule has 0 spiro atoms. The van der Waals surface area contributed by atoms with Gasteiger partial charge in [-0.3, -0.25) is 4.79 Å². The van der Waals surface area contributed by atoms with Crippen LogP contribution in [0.15, 0.2) is 55.6 Å². The Morgan fingerprint density at radius 2 is 1.95 bits per heavy atom. The van der Waals surface area contributed by atoms with Crippen molar-refractivity contribution in [1.29, 1.82) is 0 Å². The van der Waals surface area contributed by atoms with Gasteiger partial charge in [-0.2, -0.15) is 5.10 Å². The van der Waals surface area contributed by atoms with Gasteiger partial charge in [0.15, 0.2) is 17.2 Å². The molecule has 0 radical (unpaired) electrons. The number of hydrogen-bond acceptors (Lipinski definition) is 6. The molecule has 2 bridgehead atoms. The van der Waals surface area contributed by atoms with Crippen molar-refractivity contribution in [2.45, 2.75) is 44.7 Å². The van der Waals surface area contributed by atoms with Crippen molar-refractivity contribution in [3.05, 3.63) is 72.7 Å². The summed E-state index contributed by atoms with van der Waals surface area (Å²) >= 11 is 0. The minimum absolute atomic E-state index is 0.0835. The number of benzene rings is 2. The van der Waals surface area contributed by atoms with Crippen molar-refractivity contribution in [1.82, 2.24) is 34.2 Å². The summed E-state index contributed by atoms with van der Waals surface area (Å²) in [6, 6.07) is 8.83. The van der Waals surface area contributed by atoms with Crippen LogP contribution in [-0.2, 0) is 17.4 Å². The molecule has 1 amide bonds. The quantitative estimate of drug-likeness (QED) is 0.286. The zero-order valence-corrected chi connectivity index (χ0v) is 22.8. The van der Waals surface area contributed by atoms with E-state index < -0.39 is 5.82 Å². The SMILES string of the molecule is C=CC(=O)N1CC2(n3nc(-c4cc(C)c(Oc5ccc6c(c5)ncn6C)c(F)c4)c4c(C)ncnc43)CC1(C)C2. The normalized spacial score (nSPS) is 21.7. The molecule has 10 heteroatoms. The van der Waals surface area contributed by atoms with Crippen LogP contribution < -0.4 is 4.74 Å². The molecule has 40 heavy (non-hydrogen) atoms. The summed E-state index contributed by atoms with van der Waals surface area (Å²) in [7, 11) is 1.92. The van der Waals surface area contributed by atoms with Crippen molar-refractivity contribution in [2.75, 3.05) is 6.54 Å². The predicted molar refractivity (Wildman–Crippen MR) is 149 cm³/mol. The summed E-state index contributed by atoms with van der Waals surface area (Å²) in [5.41, 5.74) is 4.39. The highest BCUT2D eigenvalue weighted by molar-refractivity contribution is 5.94. The van der Waals surface area contributed by atoms with Crippen LogP contribution in [0.4, 0.5) is 4.39 Å². The van der Waals surface area contributed by atoms with E-state index in [0.717, 1.165) is 35.0 Å². The highest BCUT2D eigenvalue weighted by atomic mass is 19.1. The van der Waals surface area contributed by atoms with E-state index in [0.29, 0.717) is 34.8 Å². The Bertz CT molecular complexity index is 1860. The number of aryl methyl sites for hydroxylation is 3. The number of ether oxygens (including phenoxy) is 1. The first-order valence-electron chi connectivity index (χ1n) is 13.2. The highest BCUT2D eigenvalue weighted by Gasteiger charge is 2.66. The van der Waals surface area contributed by atoms with E-state index in [-0.39, 0.29) is 22.7 Å².